The molecule has 8 heteroatoms. The maximum absolute atomic E-state index is 6.36. The Bertz CT molecular complexity index is 980. The molecule has 0 bridgehead atoms. The molecule has 0 spiro atoms. The van der Waals surface area contributed by atoms with Gasteiger partial charge in [0.2, 0.25) is 0 Å². The van der Waals surface area contributed by atoms with Crippen molar-refractivity contribution in [3.63, 3.8) is 0 Å². The first-order valence-electron chi connectivity index (χ1n) is 8.18. The van der Waals surface area contributed by atoms with E-state index in [1.807, 2.05) is 48.5 Å². The highest BCUT2D eigenvalue weighted by atomic mass is 35.5. The molecule has 4 rings (SSSR count). The first-order valence-corrected chi connectivity index (χ1v) is 10.2. The quantitative estimate of drug-likeness (QED) is 0.536. The van der Waals surface area contributed by atoms with E-state index >= 15 is 0 Å². The maximum Gasteiger partial charge on any atom is 0.174 e. The normalized spacial score (nSPS) is 19.2. The molecule has 2 atom stereocenters. The number of aromatic nitrogens is 1. The SMILES string of the molecule is COc1ccc(N2C(=S)NC(c3ccccn3)C2c2ccc(Cl)s2)cc1Cl. The summed E-state index contributed by atoms with van der Waals surface area (Å²) in [5, 5.41) is 4.55. The smallest absolute Gasteiger partial charge is 0.174 e. The summed E-state index contributed by atoms with van der Waals surface area (Å²) < 4.78 is 6.00. The number of thiophene rings is 1. The molecule has 4 nitrogen and oxygen atoms in total. The van der Waals surface area contributed by atoms with Gasteiger partial charge in [-0.25, -0.2) is 0 Å². The minimum absolute atomic E-state index is 0.0886. The fraction of sp³-hybridized carbons (Fsp3) is 0.158. The van der Waals surface area contributed by atoms with Crippen molar-refractivity contribution in [2.75, 3.05) is 12.0 Å². The number of rotatable bonds is 4. The van der Waals surface area contributed by atoms with Crippen LogP contribution in [0.5, 0.6) is 5.75 Å². The number of anilines is 1. The van der Waals surface area contributed by atoms with Gasteiger partial charge in [0.25, 0.3) is 0 Å². The van der Waals surface area contributed by atoms with Crippen molar-refractivity contribution < 1.29 is 4.74 Å². The molecule has 0 amide bonds. The fourth-order valence-corrected chi connectivity index (χ4v) is 5.00. The molecular weight excluding hydrogens is 421 g/mol. The molecular formula is C19H15Cl2N3OS2. The topological polar surface area (TPSA) is 37.4 Å². The Morgan fingerprint density at radius 2 is 2.04 bits per heavy atom. The van der Waals surface area contributed by atoms with Crippen LogP contribution in [0.4, 0.5) is 5.69 Å². The van der Waals surface area contributed by atoms with E-state index in [9.17, 15) is 0 Å². The first-order chi connectivity index (χ1) is 13.1. The number of benzene rings is 1. The number of hydrogen-bond donors (Lipinski definition) is 1. The van der Waals surface area contributed by atoms with Crippen LogP contribution in [0.1, 0.15) is 22.7 Å². The Hall–Kier alpha value is -1.86. The van der Waals surface area contributed by atoms with Crippen molar-refractivity contribution in [1.29, 1.82) is 0 Å². The second-order valence-electron chi connectivity index (χ2n) is 5.96. The molecule has 2 aromatic heterocycles. The molecule has 1 fully saturated rings. The van der Waals surface area contributed by atoms with Gasteiger partial charge in [0, 0.05) is 16.8 Å². The van der Waals surface area contributed by atoms with Crippen molar-refractivity contribution in [3.05, 3.63) is 74.7 Å². The molecule has 3 aromatic rings. The van der Waals surface area contributed by atoms with Crippen molar-refractivity contribution in [2.24, 2.45) is 0 Å². The van der Waals surface area contributed by atoms with Crippen LogP contribution in [0, 0.1) is 0 Å². The monoisotopic (exact) mass is 435 g/mol. The average Bonchev–Trinajstić information content (AvgIpc) is 3.25. The zero-order chi connectivity index (χ0) is 19.0. The molecule has 1 saturated heterocycles. The van der Waals surface area contributed by atoms with Crippen molar-refractivity contribution in [3.8, 4) is 5.75 Å². The van der Waals surface area contributed by atoms with Gasteiger partial charge in [-0.05, 0) is 54.7 Å². The summed E-state index contributed by atoms with van der Waals surface area (Å²) >= 11 is 19.8. The van der Waals surface area contributed by atoms with Crippen LogP contribution in [0.25, 0.3) is 0 Å². The predicted molar refractivity (Wildman–Crippen MR) is 115 cm³/mol. The highest BCUT2D eigenvalue weighted by Gasteiger charge is 2.41. The molecule has 1 N–H and O–H groups in total. The Balaban J connectivity index is 1.81. The molecule has 138 valence electrons. The zero-order valence-electron chi connectivity index (χ0n) is 14.2. The summed E-state index contributed by atoms with van der Waals surface area (Å²) in [6.45, 7) is 0. The van der Waals surface area contributed by atoms with Crippen molar-refractivity contribution in [1.82, 2.24) is 10.3 Å². The largest absolute Gasteiger partial charge is 0.495 e. The third-order valence-electron chi connectivity index (χ3n) is 4.40. The third-order valence-corrected chi connectivity index (χ3v) is 6.31. The van der Waals surface area contributed by atoms with Gasteiger partial charge in [-0.3, -0.25) is 4.98 Å². The summed E-state index contributed by atoms with van der Waals surface area (Å²) in [4.78, 5) is 7.68. The summed E-state index contributed by atoms with van der Waals surface area (Å²) in [7, 11) is 1.59. The van der Waals surface area contributed by atoms with Gasteiger partial charge >= 0.3 is 0 Å². The van der Waals surface area contributed by atoms with Crippen LogP contribution in [-0.2, 0) is 0 Å². The van der Waals surface area contributed by atoms with E-state index in [2.05, 4.69) is 15.2 Å². The van der Waals surface area contributed by atoms with E-state index in [0.717, 1.165) is 20.6 Å². The Morgan fingerprint density at radius 3 is 2.67 bits per heavy atom. The van der Waals surface area contributed by atoms with E-state index in [1.165, 1.54) is 11.3 Å². The van der Waals surface area contributed by atoms with Crippen LogP contribution in [0.2, 0.25) is 9.36 Å². The number of nitrogens with one attached hydrogen (secondary N) is 1. The van der Waals surface area contributed by atoms with Crippen molar-refractivity contribution >= 4 is 57.6 Å². The van der Waals surface area contributed by atoms with E-state index in [1.54, 1.807) is 13.3 Å². The third kappa shape index (κ3) is 3.50. The van der Waals surface area contributed by atoms with Gasteiger partial charge in [0.15, 0.2) is 5.11 Å². The second-order valence-corrected chi connectivity index (χ2v) is 8.50. The lowest BCUT2D eigenvalue weighted by molar-refractivity contribution is 0.415. The molecule has 27 heavy (non-hydrogen) atoms. The fourth-order valence-electron chi connectivity index (χ4n) is 3.21. The first kappa shape index (κ1) is 18.5. The van der Waals surface area contributed by atoms with Gasteiger partial charge in [-0.2, -0.15) is 0 Å². The average molecular weight is 436 g/mol. The summed E-state index contributed by atoms with van der Waals surface area (Å²) in [6, 6.07) is 15.2. The molecule has 1 aliphatic rings. The molecule has 3 heterocycles. The number of ether oxygens (including phenoxy) is 1. The van der Waals surface area contributed by atoms with Gasteiger partial charge in [-0.1, -0.05) is 29.3 Å². The molecule has 0 saturated carbocycles. The highest BCUT2D eigenvalue weighted by molar-refractivity contribution is 7.80. The highest BCUT2D eigenvalue weighted by Crippen LogP contribution is 2.45. The van der Waals surface area contributed by atoms with Crippen molar-refractivity contribution in [2.45, 2.75) is 12.1 Å². The lowest BCUT2D eigenvalue weighted by Gasteiger charge is -2.27. The predicted octanol–water partition coefficient (Wildman–Crippen LogP) is 5.64. The van der Waals surface area contributed by atoms with E-state index < -0.39 is 0 Å². The van der Waals surface area contributed by atoms with Gasteiger partial charge in [0.05, 0.1) is 34.2 Å². The minimum atomic E-state index is -0.103. The zero-order valence-corrected chi connectivity index (χ0v) is 17.4. The number of thiocarbonyl (C=S) groups is 1. The van der Waals surface area contributed by atoms with E-state index in [4.69, 9.17) is 40.2 Å². The molecule has 1 aliphatic heterocycles. The Kier molecular flexibility index (Phi) is 5.23. The number of pyridine rings is 1. The minimum Gasteiger partial charge on any atom is -0.495 e. The van der Waals surface area contributed by atoms with Gasteiger partial charge < -0.3 is 15.0 Å². The van der Waals surface area contributed by atoms with Gasteiger partial charge in [-0.15, -0.1) is 11.3 Å². The van der Waals surface area contributed by atoms with Crippen LogP contribution < -0.4 is 15.0 Å². The summed E-state index contributed by atoms with van der Waals surface area (Å²) in [6.07, 6.45) is 1.78. The molecule has 0 aliphatic carbocycles. The molecule has 1 aromatic carbocycles. The van der Waals surface area contributed by atoms with Crippen LogP contribution >= 0.6 is 46.8 Å². The Labute approximate surface area is 176 Å². The molecule has 2 unspecified atom stereocenters. The van der Waals surface area contributed by atoms with Gasteiger partial charge in [0.1, 0.15) is 5.75 Å². The number of methoxy groups -OCH3 is 1. The second kappa shape index (κ2) is 7.64. The van der Waals surface area contributed by atoms with Crippen LogP contribution in [-0.4, -0.2) is 17.2 Å². The van der Waals surface area contributed by atoms with Crippen LogP contribution in [0.15, 0.2) is 54.7 Å². The number of hydrogen-bond acceptors (Lipinski definition) is 4. The van der Waals surface area contributed by atoms with E-state index in [-0.39, 0.29) is 12.1 Å². The lowest BCUT2D eigenvalue weighted by Crippen LogP contribution is -2.29. The Morgan fingerprint density at radius 1 is 1.19 bits per heavy atom. The summed E-state index contributed by atoms with van der Waals surface area (Å²) in [5.41, 5.74) is 1.79. The standard InChI is InChI=1S/C19H15Cl2N3OS2/c1-25-14-6-5-11(10-12(14)20)24-18(15-7-8-16(21)27-15)17(23-19(24)26)13-4-2-3-9-22-13/h2-10,17-18H,1H3,(H,23,26). The summed E-state index contributed by atoms with van der Waals surface area (Å²) in [5.74, 6) is 0.621. The molecule has 0 radical (unpaired) electrons. The van der Waals surface area contributed by atoms with Crippen LogP contribution in [0.3, 0.4) is 0 Å². The number of nitrogens with zero attached hydrogens (tertiary/aromatic N) is 2. The maximum atomic E-state index is 6.36. The number of halogens is 2. The van der Waals surface area contributed by atoms with E-state index in [0.29, 0.717) is 15.9 Å². The lowest BCUT2D eigenvalue weighted by atomic mass is 10.0.